The Labute approximate surface area is 154 Å². The molecule has 26 heavy (non-hydrogen) atoms. The molecule has 5 nitrogen and oxygen atoms in total. The monoisotopic (exact) mass is 355 g/mol. The quantitative estimate of drug-likeness (QED) is 0.865. The van der Waals surface area contributed by atoms with Gasteiger partial charge in [0.05, 0.1) is 14.2 Å². The number of hydrogen-bond donors (Lipinski definition) is 1. The van der Waals surface area contributed by atoms with Gasteiger partial charge in [-0.05, 0) is 43.2 Å². The minimum atomic E-state index is -0.188. The highest BCUT2D eigenvalue weighted by Gasteiger charge is 2.37. The molecule has 1 amide bonds. The van der Waals surface area contributed by atoms with Crippen molar-refractivity contribution in [2.45, 2.75) is 18.3 Å². The van der Waals surface area contributed by atoms with Crippen molar-refractivity contribution in [3.05, 3.63) is 59.7 Å². The van der Waals surface area contributed by atoms with E-state index in [0.717, 1.165) is 29.9 Å². The minimum Gasteiger partial charge on any atom is -0.497 e. The van der Waals surface area contributed by atoms with E-state index in [1.165, 1.54) is 0 Å². The van der Waals surface area contributed by atoms with E-state index >= 15 is 0 Å². The minimum absolute atomic E-state index is 0.0894. The highest BCUT2D eigenvalue weighted by Crippen LogP contribution is 2.39. The molecule has 0 spiro atoms. The van der Waals surface area contributed by atoms with Gasteiger partial charge in [-0.1, -0.05) is 18.2 Å². The van der Waals surface area contributed by atoms with Crippen LogP contribution >= 0.6 is 0 Å². The molecule has 1 aliphatic heterocycles. The van der Waals surface area contributed by atoms with Gasteiger partial charge in [-0.3, -0.25) is 4.79 Å². The van der Waals surface area contributed by atoms with Gasteiger partial charge >= 0.3 is 0 Å². The van der Waals surface area contributed by atoms with Crippen molar-refractivity contribution in [3.8, 4) is 11.5 Å². The molecule has 0 unspecified atom stereocenters. The smallest absolute Gasteiger partial charge is 0.251 e. The summed E-state index contributed by atoms with van der Waals surface area (Å²) < 4.78 is 16.3. The lowest BCUT2D eigenvalue weighted by molar-refractivity contribution is 0.0479. The van der Waals surface area contributed by atoms with Gasteiger partial charge in [-0.15, -0.1) is 0 Å². The van der Waals surface area contributed by atoms with E-state index in [0.29, 0.717) is 25.3 Å². The lowest BCUT2D eigenvalue weighted by atomic mass is 9.73. The summed E-state index contributed by atoms with van der Waals surface area (Å²) in [5.41, 5.74) is 1.56. The van der Waals surface area contributed by atoms with Crippen molar-refractivity contribution in [1.82, 2.24) is 5.32 Å². The molecule has 0 atom stereocenters. The fraction of sp³-hybridized carbons (Fsp3) is 0.381. The SMILES string of the molecule is COc1ccc(C(=O)NCC2(c3ccccc3OC)CCOCC2)cc1. The average molecular weight is 355 g/mol. The number of ether oxygens (including phenoxy) is 3. The van der Waals surface area contributed by atoms with E-state index in [1.54, 1.807) is 38.5 Å². The molecule has 138 valence electrons. The fourth-order valence-corrected chi connectivity index (χ4v) is 3.48. The number of carbonyl (C=O) groups excluding carboxylic acids is 1. The topological polar surface area (TPSA) is 56.8 Å². The molecule has 1 fully saturated rings. The van der Waals surface area contributed by atoms with Crippen LogP contribution in [0.2, 0.25) is 0 Å². The van der Waals surface area contributed by atoms with E-state index in [4.69, 9.17) is 14.2 Å². The number of rotatable bonds is 6. The Balaban J connectivity index is 1.79. The zero-order valence-electron chi connectivity index (χ0n) is 15.3. The van der Waals surface area contributed by atoms with Crippen molar-refractivity contribution < 1.29 is 19.0 Å². The molecule has 0 aliphatic carbocycles. The Bertz CT molecular complexity index is 736. The van der Waals surface area contributed by atoms with E-state index in [1.807, 2.05) is 18.2 Å². The second-order valence-electron chi connectivity index (χ2n) is 6.50. The van der Waals surface area contributed by atoms with Gasteiger partial charge in [0.25, 0.3) is 5.91 Å². The molecule has 0 aromatic heterocycles. The predicted octanol–water partition coefficient (Wildman–Crippen LogP) is 3.18. The highest BCUT2D eigenvalue weighted by atomic mass is 16.5. The fourth-order valence-electron chi connectivity index (χ4n) is 3.48. The molecule has 3 rings (SSSR count). The predicted molar refractivity (Wildman–Crippen MR) is 100 cm³/mol. The second-order valence-corrected chi connectivity index (χ2v) is 6.50. The van der Waals surface area contributed by atoms with Crippen LogP contribution in [0.5, 0.6) is 11.5 Å². The summed E-state index contributed by atoms with van der Waals surface area (Å²) in [4.78, 5) is 12.6. The van der Waals surface area contributed by atoms with Crippen molar-refractivity contribution in [2.24, 2.45) is 0 Å². The number of carbonyl (C=O) groups is 1. The molecule has 0 bridgehead atoms. The number of hydrogen-bond acceptors (Lipinski definition) is 4. The molecular weight excluding hydrogens is 330 g/mol. The first-order chi connectivity index (χ1) is 12.7. The largest absolute Gasteiger partial charge is 0.497 e. The first-order valence-corrected chi connectivity index (χ1v) is 8.82. The maximum atomic E-state index is 12.6. The summed E-state index contributed by atoms with van der Waals surface area (Å²) in [7, 11) is 3.29. The Kier molecular flexibility index (Phi) is 5.78. The third-order valence-corrected chi connectivity index (χ3v) is 5.07. The number of para-hydroxylation sites is 1. The van der Waals surface area contributed by atoms with Crippen molar-refractivity contribution >= 4 is 5.91 Å². The van der Waals surface area contributed by atoms with Gasteiger partial charge < -0.3 is 19.5 Å². The molecule has 0 saturated carbocycles. The summed E-state index contributed by atoms with van der Waals surface area (Å²) >= 11 is 0. The molecule has 1 heterocycles. The van der Waals surface area contributed by atoms with E-state index in [9.17, 15) is 4.79 Å². The summed E-state index contributed by atoms with van der Waals surface area (Å²) in [6.07, 6.45) is 1.69. The molecule has 1 saturated heterocycles. The average Bonchev–Trinajstić information content (AvgIpc) is 2.72. The molecule has 1 N–H and O–H groups in total. The van der Waals surface area contributed by atoms with Crippen molar-refractivity contribution in [1.29, 1.82) is 0 Å². The van der Waals surface area contributed by atoms with Crippen LogP contribution in [-0.4, -0.2) is 39.9 Å². The highest BCUT2D eigenvalue weighted by molar-refractivity contribution is 5.94. The Morgan fingerprint density at radius 2 is 1.73 bits per heavy atom. The summed E-state index contributed by atoms with van der Waals surface area (Å²) in [5, 5.41) is 3.11. The molecule has 5 heteroatoms. The van der Waals surface area contributed by atoms with Crippen LogP contribution in [0.15, 0.2) is 48.5 Å². The summed E-state index contributed by atoms with van der Waals surface area (Å²) in [6, 6.07) is 15.2. The Morgan fingerprint density at radius 1 is 1.04 bits per heavy atom. The summed E-state index contributed by atoms with van der Waals surface area (Å²) in [6.45, 7) is 1.90. The van der Waals surface area contributed by atoms with E-state index in [2.05, 4.69) is 11.4 Å². The molecule has 2 aromatic rings. The van der Waals surface area contributed by atoms with Crippen molar-refractivity contribution in [2.75, 3.05) is 34.0 Å². The van der Waals surface area contributed by atoms with Crippen LogP contribution in [-0.2, 0) is 10.2 Å². The van der Waals surface area contributed by atoms with E-state index in [-0.39, 0.29) is 11.3 Å². The zero-order valence-corrected chi connectivity index (χ0v) is 15.3. The van der Waals surface area contributed by atoms with Gasteiger partial charge in [0, 0.05) is 36.3 Å². The molecular formula is C21H25NO4. The first kappa shape index (κ1) is 18.3. The number of benzene rings is 2. The van der Waals surface area contributed by atoms with Gasteiger partial charge in [0.1, 0.15) is 11.5 Å². The normalized spacial score (nSPS) is 15.9. The standard InChI is InChI=1S/C21H25NO4/c1-24-17-9-7-16(8-10-17)20(23)22-15-21(11-13-26-14-12-21)18-5-3-4-6-19(18)25-2/h3-10H,11-15H2,1-2H3,(H,22,23). The van der Waals surface area contributed by atoms with Crippen LogP contribution in [0.25, 0.3) is 0 Å². The lowest BCUT2D eigenvalue weighted by Crippen LogP contribution is -2.44. The van der Waals surface area contributed by atoms with Crippen LogP contribution in [0.3, 0.4) is 0 Å². The lowest BCUT2D eigenvalue weighted by Gasteiger charge is -2.38. The Hall–Kier alpha value is -2.53. The molecule has 1 aliphatic rings. The maximum absolute atomic E-state index is 12.6. The van der Waals surface area contributed by atoms with Crippen LogP contribution < -0.4 is 14.8 Å². The molecule has 2 aromatic carbocycles. The maximum Gasteiger partial charge on any atom is 0.251 e. The Morgan fingerprint density at radius 3 is 2.38 bits per heavy atom. The summed E-state index contributed by atoms with van der Waals surface area (Å²) in [5.74, 6) is 1.50. The third kappa shape index (κ3) is 3.83. The number of amides is 1. The van der Waals surface area contributed by atoms with Crippen LogP contribution in [0.1, 0.15) is 28.8 Å². The number of methoxy groups -OCH3 is 2. The third-order valence-electron chi connectivity index (χ3n) is 5.07. The van der Waals surface area contributed by atoms with Crippen LogP contribution in [0.4, 0.5) is 0 Å². The second kappa shape index (κ2) is 8.23. The number of nitrogens with one attached hydrogen (secondary N) is 1. The van der Waals surface area contributed by atoms with E-state index < -0.39 is 0 Å². The molecule has 0 radical (unpaired) electrons. The zero-order chi connectivity index (χ0) is 18.4. The first-order valence-electron chi connectivity index (χ1n) is 8.82. The van der Waals surface area contributed by atoms with Crippen molar-refractivity contribution in [3.63, 3.8) is 0 Å². The van der Waals surface area contributed by atoms with Gasteiger partial charge in [-0.25, -0.2) is 0 Å². The van der Waals surface area contributed by atoms with Gasteiger partial charge in [-0.2, -0.15) is 0 Å². The van der Waals surface area contributed by atoms with Crippen LogP contribution in [0, 0.1) is 0 Å². The van der Waals surface area contributed by atoms with Gasteiger partial charge in [0.2, 0.25) is 0 Å². The van der Waals surface area contributed by atoms with Gasteiger partial charge in [0.15, 0.2) is 0 Å².